The molecule has 0 aromatic carbocycles. The summed E-state index contributed by atoms with van der Waals surface area (Å²) in [6.45, 7) is 0. The first kappa shape index (κ1) is 35.1. The number of hydrogen-bond donors (Lipinski definition) is 0. The number of pyridine rings is 4. The molecule has 34 heavy (non-hydrogen) atoms. The second-order valence-corrected chi connectivity index (χ2v) is 21.7. The molecule has 0 spiro atoms. The van der Waals surface area contributed by atoms with Crippen molar-refractivity contribution >= 4 is 72.0 Å². The van der Waals surface area contributed by atoms with E-state index in [1.54, 1.807) is 24.8 Å². The summed E-state index contributed by atoms with van der Waals surface area (Å²) in [5, 5.41) is 16.9. The summed E-state index contributed by atoms with van der Waals surface area (Å²) in [7, 11) is 0. The molecule has 0 saturated heterocycles. The quantitative estimate of drug-likeness (QED) is 0.169. The SMILES string of the molecule is I[I-]I.[Cr+3].[N-]=C=S.[N-]=C=S.c1ccc(-c2ccccn2)nc1.c1ccc(-c2ccccn2)nc1. The summed E-state index contributed by atoms with van der Waals surface area (Å²) < 4.78 is 0. The van der Waals surface area contributed by atoms with Crippen LogP contribution in [0, 0.1) is 0 Å². The van der Waals surface area contributed by atoms with Gasteiger partial charge in [-0.2, -0.15) is 10.3 Å². The van der Waals surface area contributed by atoms with Gasteiger partial charge >= 0.3 is 67.8 Å². The van der Waals surface area contributed by atoms with Gasteiger partial charge in [-0.15, -0.1) is 0 Å². The largest absolute Gasteiger partial charge is 3.00 e. The molecule has 0 aliphatic heterocycles. The minimum Gasteiger partial charge on any atom is -0.753 e. The Morgan fingerprint density at radius 1 is 0.559 bits per heavy atom. The molecule has 0 atom stereocenters. The third-order valence-electron chi connectivity index (χ3n) is 3.18. The van der Waals surface area contributed by atoms with E-state index in [1.807, 2.05) is 72.8 Å². The van der Waals surface area contributed by atoms with Gasteiger partial charge in [0.15, 0.2) is 0 Å². The summed E-state index contributed by atoms with van der Waals surface area (Å²) in [5.74, 6) is 0. The van der Waals surface area contributed by atoms with Crippen LogP contribution in [0.2, 0.25) is 0 Å². The molecule has 1 radical (unpaired) electrons. The maximum absolute atomic E-state index is 7.13. The van der Waals surface area contributed by atoms with Crippen molar-refractivity contribution < 1.29 is 30.6 Å². The first-order chi connectivity index (χ1) is 16.2. The standard InChI is InChI=1S/2C10H8N2.2CNS.Cr.I3/c2*1-3-7-11-9(5-1)10-6-2-4-8-12-10;2*2-1-3;;1-3-2/h2*1-8H;;;;/q;;2*-1;+3;-1. The van der Waals surface area contributed by atoms with Gasteiger partial charge in [0.2, 0.25) is 0 Å². The molecule has 0 saturated carbocycles. The van der Waals surface area contributed by atoms with E-state index in [0.29, 0.717) is 13.3 Å². The predicted octanol–water partition coefficient (Wildman–Crippen LogP) is 4.38. The minimum absolute atomic E-state index is 0. The van der Waals surface area contributed by atoms with Gasteiger partial charge in [-0.05, 0) is 48.5 Å². The molecule has 4 aromatic heterocycles. The number of halogens is 3. The van der Waals surface area contributed by atoms with Crippen molar-refractivity contribution in [3.8, 4) is 22.8 Å². The average molecular weight is 861 g/mol. The molecule has 4 rings (SSSR count). The molecule has 0 N–H and O–H groups in total. The van der Waals surface area contributed by atoms with Crippen molar-refractivity contribution in [2.24, 2.45) is 0 Å². The number of thiocarbonyl (C=S) groups is 2. The van der Waals surface area contributed by atoms with Crippen molar-refractivity contribution in [2.45, 2.75) is 0 Å². The fourth-order valence-corrected chi connectivity index (χ4v) is 2.06. The zero-order chi connectivity index (χ0) is 24.6. The average Bonchev–Trinajstić information content (AvgIpc) is 2.88. The van der Waals surface area contributed by atoms with Crippen LogP contribution in [0.1, 0.15) is 0 Å². The monoisotopic (exact) mass is 861 g/mol. The Bertz CT molecular complexity index is 893. The van der Waals surface area contributed by atoms with Crippen molar-refractivity contribution in [2.75, 3.05) is 0 Å². The molecule has 0 unspecified atom stereocenters. The van der Waals surface area contributed by atoms with E-state index < -0.39 is 0 Å². The molecule has 4 aromatic rings. The second-order valence-electron chi connectivity index (χ2n) is 5.10. The van der Waals surface area contributed by atoms with E-state index in [1.165, 1.54) is 10.3 Å². The van der Waals surface area contributed by atoms with Gasteiger partial charge < -0.3 is 10.8 Å². The number of aromatic nitrogens is 4. The fraction of sp³-hybridized carbons (Fsp3) is 0. The Labute approximate surface area is 250 Å². The van der Waals surface area contributed by atoms with Crippen LogP contribution in [-0.2, 0) is 17.4 Å². The minimum atomic E-state index is 0. The second kappa shape index (κ2) is 26.5. The Morgan fingerprint density at radius 2 is 0.735 bits per heavy atom. The van der Waals surface area contributed by atoms with Crippen molar-refractivity contribution in [3.05, 3.63) is 108 Å². The molecule has 173 valence electrons. The van der Waals surface area contributed by atoms with Crippen LogP contribution in [0.25, 0.3) is 33.6 Å². The summed E-state index contributed by atoms with van der Waals surface area (Å²) in [5.41, 5.74) is 3.66. The van der Waals surface area contributed by atoms with E-state index in [0.717, 1.165) is 22.8 Å². The van der Waals surface area contributed by atoms with E-state index in [-0.39, 0.29) is 17.4 Å². The van der Waals surface area contributed by atoms with Crippen molar-refractivity contribution in [1.82, 2.24) is 19.9 Å². The van der Waals surface area contributed by atoms with E-state index >= 15 is 0 Å². The summed E-state index contributed by atoms with van der Waals surface area (Å²) in [6.07, 6.45) is 7.07. The normalized spacial score (nSPS) is 7.94. The Hall–Kier alpha value is -1.08. The molecular formula is C22H16CrI3N6S2. The van der Waals surface area contributed by atoms with E-state index in [4.69, 9.17) is 10.8 Å². The molecule has 0 bridgehead atoms. The molecule has 0 aliphatic carbocycles. The van der Waals surface area contributed by atoms with Gasteiger partial charge in [-0.25, -0.2) is 0 Å². The van der Waals surface area contributed by atoms with Gasteiger partial charge in [-0.3, -0.25) is 19.9 Å². The first-order valence-corrected chi connectivity index (χ1v) is 22.1. The van der Waals surface area contributed by atoms with Crippen molar-refractivity contribution in [1.29, 1.82) is 0 Å². The third kappa shape index (κ3) is 18.3. The smallest absolute Gasteiger partial charge is 0.753 e. The Balaban J connectivity index is 0. The van der Waals surface area contributed by atoms with Crippen LogP contribution in [0.3, 0.4) is 0 Å². The molecule has 6 nitrogen and oxygen atoms in total. The maximum Gasteiger partial charge on any atom is 3.00 e. The van der Waals surface area contributed by atoms with Gasteiger partial charge in [0.05, 0.1) is 22.8 Å². The van der Waals surface area contributed by atoms with Crippen LogP contribution in [0.15, 0.2) is 97.6 Å². The van der Waals surface area contributed by atoms with Crippen LogP contribution in [0.4, 0.5) is 0 Å². The summed E-state index contributed by atoms with van der Waals surface area (Å²) in [4.78, 5) is 16.7. The molecule has 0 fully saturated rings. The third-order valence-corrected chi connectivity index (χ3v) is 3.18. The maximum atomic E-state index is 7.13. The van der Waals surface area contributed by atoms with E-state index in [9.17, 15) is 0 Å². The topological polar surface area (TPSA) is 96.2 Å². The first-order valence-electron chi connectivity index (χ1n) is 8.72. The van der Waals surface area contributed by atoms with Gasteiger partial charge in [0.1, 0.15) is 0 Å². The zero-order valence-corrected chi connectivity index (χ0v) is 26.7. The Kier molecular flexibility index (Phi) is 27.4. The molecule has 0 aliphatic rings. The van der Waals surface area contributed by atoms with Gasteiger partial charge in [-0.1, -0.05) is 48.7 Å². The number of hydrogen-bond acceptors (Lipinski definition) is 6. The molecular weight excluding hydrogens is 845 g/mol. The molecule has 4 heterocycles. The zero-order valence-electron chi connectivity index (χ0n) is 17.3. The molecule has 12 heteroatoms. The fourth-order valence-electron chi connectivity index (χ4n) is 2.06. The van der Waals surface area contributed by atoms with E-state index in [2.05, 4.69) is 81.6 Å². The summed E-state index contributed by atoms with van der Waals surface area (Å²) in [6, 6.07) is 23.2. The van der Waals surface area contributed by atoms with Crippen molar-refractivity contribution in [3.63, 3.8) is 0 Å². The number of nitrogens with zero attached hydrogens (tertiary/aromatic N) is 6. The Morgan fingerprint density at radius 3 is 0.853 bits per heavy atom. The van der Waals surface area contributed by atoms with Gasteiger partial charge in [0.25, 0.3) is 0 Å². The summed E-state index contributed by atoms with van der Waals surface area (Å²) >= 11 is 12.7. The van der Waals surface area contributed by atoms with Gasteiger partial charge in [0, 0.05) is 24.8 Å². The predicted molar refractivity (Wildman–Crippen MR) is 155 cm³/mol. The number of isothiocyanates is 2. The van der Waals surface area contributed by atoms with Crippen LogP contribution >= 0.6 is 61.7 Å². The van der Waals surface area contributed by atoms with Crippen LogP contribution in [-0.4, -0.2) is 30.3 Å². The van der Waals surface area contributed by atoms with Crippen LogP contribution < -0.4 is 13.3 Å². The number of rotatable bonds is 2. The molecule has 0 amide bonds. The van der Waals surface area contributed by atoms with Crippen LogP contribution in [0.5, 0.6) is 0 Å².